The standard InChI is InChI=1S/C5H11IO/c1-3-5(2,7)4-6/h7H,3-4H2,1-2H3. The van der Waals surface area contributed by atoms with Gasteiger partial charge >= 0.3 is 0 Å². The zero-order valence-corrected chi connectivity index (χ0v) is 6.90. The highest BCUT2D eigenvalue weighted by Crippen LogP contribution is 2.10. The first-order valence-electron chi connectivity index (χ1n) is 2.41. The minimum atomic E-state index is -0.430. The van der Waals surface area contributed by atoms with Crippen molar-refractivity contribution in [2.75, 3.05) is 4.43 Å². The molecule has 0 rings (SSSR count). The number of aliphatic hydroxyl groups is 1. The lowest BCUT2D eigenvalue weighted by atomic mass is 10.1. The summed E-state index contributed by atoms with van der Waals surface area (Å²) in [5.41, 5.74) is -0.430. The third-order valence-corrected chi connectivity index (χ3v) is 2.69. The van der Waals surface area contributed by atoms with Gasteiger partial charge < -0.3 is 5.11 Å². The molecule has 0 aliphatic carbocycles. The second-order valence-electron chi connectivity index (χ2n) is 1.98. The first-order valence-corrected chi connectivity index (χ1v) is 3.93. The number of alkyl halides is 1. The highest BCUT2D eigenvalue weighted by atomic mass is 127. The summed E-state index contributed by atoms with van der Waals surface area (Å²) >= 11 is 2.18. The van der Waals surface area contributed by atoms with Crippen LogP contribution in [0.5, 0.6) is 0 Å². The molecule has 0 bridgehead atoms. The Bertz CT molecular complexity index is 46.0. The summed E-state index contributed by atoms with van der Waals surface area (Å²) in [5.74, 6) is 0. The molecule has 1 nitrogen and oxygen atoms in total. The van der Waals surface area contributed by atoms with Crippen molar-refractivity contribution in [2.24, 2.45) is 0 Å². The Morgan fingerprint density at radius 2 is 2.14 bits per heavy atom. The van der Waals surface area contributed by atoms with Crippen LogP contribution in [0.1, 0.15) is 20.3 Å². The van der Waals surface area contributed by atoms with E-state index in [9.17, 15) is 0 Å². The SMILES string of the molecule is CCC(C)(O)CI. The Morgan fingerprint density at radius 1 is 1.71 bits per heavy atom. The molecule has 0 heterocycles. The van der Waals surface area contributed by atoms with Gasteiger partial charge in [0, 0.05) is 4.43 Å². The third kappa shape index (κ3) is 3.29. The normalized spacial score (nSPS) is 18.9. The van der Waals surface area contributed by atoms with Crippen molar-refractivity contribution >= 4 is 22.6 Å². The molecule has 7 heavy (non-hydrogen) atoms. The smallest absolute Gasteiger partial charge is 0.0706 e. The van der Waals surface area contributed by atoms with Crippen molar-refractivity contribution in [1.29, 1.82) is 0 Å². The molecule has 1 atom stereocenters. The molecule has 0 radical (unpaired) electrons. The molecule has 1 unspecified atom stereocenters. The molecule has 2 heteroatoms. The van der Waals surface area contributed by atoms with E-state index >= 15 is 0 Å². The maximum absolute atomic E-state index is 9.12. The van der Waals surface area contributed by atoms with Gasteiger partial charge in [-0.15, -0.1) is 0 Å². The molecule has 0 amide bonds. The van der Waals surface area contributed by atoms with Gasteiger partial charge in [-0.1, -0.05) is 29.5 Å². The molecule has 0 aromatic carbocycles. The number of hydrogen-bond donors (Lipinski definition) is 1. The Labute approximate surface area is 58.3 Å². The highest BCUT2D eigenvalue weighted by Gasteiger charge is 2.13. The molecule has 0 aromatic rings. The summed E-state index contributed by atoms with van der Waals surface area (Å²) in [5, 5.41) is 9.12. The van der Waals surface area contributed by atoms with E-state index in [-0.39, 0.29) is 0 Å². The van der Waals surface area contributed by atoms with E-state index < -0.39 is 5.60 Å². The van der Waals surface area contributed by atoms with E-state index in [1.54, 1.807) is 0 Å². The third-order valence-electron chi connectivity index (χ3n) is 1.05. The van der Waals surface area contributed by atoms with E-state index in [0.29, 0.717) is 0 Å². The Hall–Kier alpha value is 0.690. The van der Waals surface area contributed by atoms with E-state index in [1.165, 1.54) is 0 Å². The van der Waals surface area contributed by atoms with Gasteiger partial charge in [0.15, 0.2) is 0 Å². The molecule has 0 spiro atoms. The molecule has 0 fully saturated rings. The van der Waals surface area contributed by atoms with Crippen molar-refractivity contribution < 1.29 is 5.11 Å². The minimum Gasteiger partial charge on any atom is -0.389 e. The quantitative estimate of drug-likeness (QED) is 0.546. The zero-order valence-electron chi connectivity index (χ0n) is 4.74. The fourth-order valence-electron chi connectivity index (χ4n) is 0.0945. The van der Waals surface area contributed by atoms with Crippen LogP contribution in [0.15, 0.2) is 0 Å². The van der Waals surface area contributed by atoms with Gasteiger partial charge in [0.25, 0.3) is 0 Å². The van der Waals surface area contributed by atoms with Crippen LogP contribution >= 0.6 is 22.6 Å². The number of hydrogen-bond acceptors (Lipinski definition) is 1. The maximum Gasteiger partial charge on any atom is 0.0706 e. The number of rotatable bonds is 2. The second-order valence-corrected chi connectivity index (χ2v) is 2.75. The van der Waals surface area contributed by atoms with Crippen LogP contribution in [0.25, 0.3) is 0 Å². The Kier molecular flexibility index (Phi) is 3.15. The predicted molar refractivity (Wildman–Crippen MR) is 39.8 cm³/mol. The molecule has 0 aromatic heterocycles. The minimum absolute atomic E-state index is 0.430. The lowest BCUT2D eigenvalue weighted by molar-refractivity contribution is 0.0847. The lowest BCUT2D eigenvalue weighted by Crippen LogP contribution is -2.23. The van der Waals surface area contributed by atoms with Crippen LogP contribution < -0.4 is 0 Å². The van der Waals surface area contributed by atoms with Gasteiger partial charge in [0.2, 0.25) is 0 Å². The van der Waals surface area contributed by atoms with Gasteiger partial charge in [0.1, 0.15) is 0 Å². The van der Waals surface area contributed by atoms with Gasteiger partial charge in [0.05, 0.1) is 5.60 Å². The molecular formula is C5H11IO. The summed E-state index contributed by atoms with van der Waals surface area (Å²) in [6.07, 6.45) is 0.843. The molecule has 1 N–H and O–H groups in total. The van der Waals surface area contributed by atoms with Gasteiger partial charge in [-0.2, -0.15) is 0 Å². The summed E-state index contributed by atoms with van der Waals surface area (Å²) in [6.45, 7) is 3.83. The van der Waals surface area contributed by atoms with Crippen LogP contribution in [0.3, 0.4) is 0 Å². The summed E-state index contributed by atoms with van der Waals surface area (Å²) < 4.78 is 0.821. The van der Waals surface area contributed by atoms with Crippen LogP contribution in [0, 0.1) is 0 Å². The van der Waals surface area contributed by atoms with Crippen LogP contribution in [0.2, 0.25) is 0 Å². The topological polar surface area (TPSA) is 20.2 Å². The van der Waals surface area contributed by atoms with Crippen molar-refractivity contribution in [3.63, 3.8) is 0 Å². The molecular weight excluding hydrogens is 203 g/mol. The average molecular weight is 214 g/mol. The van der Waals surface area contributed by atoms with Crippen molar-refractivity contribution in [1.82, 2.24) is 0 Å². The van der Waals surface area contributed by atoms with Crippen molar-refractivity contribution in [2.45, 2.75) is 25.9 Å². The molecule has 0 saturated carbocycles. The highest BCUT2D eigenvalue weighted by molar-refractivity contribution is 14.1. The average Bonchev–Trinajstić information content (AvgIpc) is 1.68. The van der Waals surface area contributed by atoms with Gasteiger partial charge in [-0.05, 0) is 13.3 Å². The van der Waals surface area contributed by atoms with Gasteiger partial charge in [-0.25, -0.2) is 0 Å². The summed E-state index contributed by atoms with van der Waals surface area (Å²) in [4.78, 5) is 0. The largest absolute Gasteiger partial charge is 0.389 e. The molecule has 0 aliphatic heterocycles. The maximum atomic E-state index is 9.12. The Morgan fingerprint density at radius 3 is 2.14 bits per heavy atom. The predicted octanol–water partition coefficient (Wildman–Crippen LogP) is 1.58. The zero-order chi connectivity index (χ0) is 5.91. The lowest BCUT2D eigenvalue weighted by Gasteiger charge is -2.16. The van der Waals surface area contributed by atoms with E-state index in [4.69, 9.17) is 5.11 Å². The summed E-state index contributed by atoms with van der Waals surface area (Å²) in [6, 6.07) is 0. The first kappa shape index (κ1) is 7.69. The first-order chi connectivity index (χ1) is 3.12. The number of halogens is 1. The second kappa shape index (κ2) is 2.87. The van der Waals surface area contributed by atoms with E-state index in [1.807, 2.05) is 13.8 Å². The Balaban J connectivity index is 3.36. The van der Waals surface area contributed by atoms with E-state index in [0.717, 1.165) is 10.8 Å². The van der Waals surface area contributed by atoms with Crippen LogP contribution in [-0.2, 0) is 0 Å². The fourth-order valence-corrected chi connectivity index (χ4v) is 0.634. The van der Waals surface area contributed by atoms with Crippen molar-refractivity contribution in [3.05, 3.63) is 0 Å². The summed E-state index contributed by atoms with van der Waals surface area (Å²) in [7, 11) is 0. The van der Waals surface area contributed by atoms with Crippen molar-refractivity contribution in [3.8, 4) is 0 Å². The fraction of sp³-hybridized carbons (Fsp3) is 1.00. The molecule has 0 saturated heterocycles. The molecule has 44 valence electrons. The van der Waals surface area contributed by atoms with Crippen LogP contribution in [0.4, 0.5) is 0 Å². The molecule has 0 aliphatic rings. The van der Waals surface area contributed by atoms with Crippen LogP contribution in [-0.4, -0.2) is 15.1 Å². The monoisotopic (exact) mass is 214 g/mol. The van der Waals surface area contributed by atoms with Gasteiger partial charge in [-0.3, -0.25) is 0 Å². The van der Waals surface area contributed by atoms with E-state index in [2.05, 4.69) is 22.6 Å².